The van der Waals surface area contributed by atoms with Crippen molar-refractivity contribution in [3.8, 4) is 11.5 Å². The lowest BCUT2D eigenvalue weighted by Crippen LogP contribution is -2.09. The topological polar surface area (TPSA) is 50.7 Å². The third-order valence-electron chi connectivity index (χ3n) is 2.22. The lowest BCUT2D eigenvalue weighted by atomic mass is 10.1. The highest BCUT2D eigenvalue weighted by Gasteiger charge is 2.04. The van der Waals surface area contributed by atoms with E-state index in [4.69, 9.17) is 14.7 Å². The lowest BCUT2D eigenvalue weighted by Gasteiger charge is -2.09. The van der Waals surface area contributed by atoms with E-state index in [1.54, 1.807) is 14.2 Å². The monoisotopic (exact) mass is 211 g/mol. The predicted octanol–water partition coefficient (Wildman–Crippen LogP) is 1.62. The van der Waals surface area contributed by atoms with E-state index >= 15 is 0 Å². The van der Waals surface area contributed by atoms with Gasteiger partial charge in [-0.1, -0.05) is 0 Å². The van der Waals surface area contributed by atoms with Gasteiger partial charge in [0.2, 0.25) is 0 Å². The van der Waals surface area contributed by atoms with Gasteiger partial charge in [0, 0.05) is 6.54 Å². The Labute approximate surface area is 89.8 Å². The maximum Gasteiger partial charge on any atom is 0.122 e. The van der Waals surface area contributed by atoms with Crippen LogP contribution in [0.4, 0.5) is 0 Å². The van der Waals surface area contributed by atoms with Crippen LogP contribution in [0.3, 0.4) is 0 Å². The summed E-state index contributed by atoms with van der Waals surface area (Å²) in [7, 11) is 3.29. The Balaban J connectivity index is 2.72. The van der Waals surface area contributed by atoms with Gasteiger partial charge in [-0.05, 0) is 36.6 Å². The van der Waals surface area contributed by atoms with Gasteiger partial charge in [0.1, 0.15) is 11.5 Å². The molecule has 0 amide bonds. The number of nitrogens with one attached hydrogen (secondary N) is 1. The summed E-state index contributed by atoms with van der Waals surface area (Å²) in [5.41, 5.74) is 3.22. The number of aryl methyl sites for hydroxylation is 1. The maximum absolute atomic E-state index is 8.47. The smallest absolute Gasteiger partial charge is 0.122 e. The van der Waals surface area contributed by atoms with E-state index in [1.165, 1.54) is 0 Å². The van der Waals surface area contributed by atoms with Crippen LogP contribution in [0.5, 0.6) is 11.5 Å². The predicted molar refractivity (Wildman–Crippen MR) is 57.7 cm³/mol. The average molecular weight is 211 g/mol. The van der Waals surface area contributed by atoms with Gasteiger partial charge in [-0.2, -0.15) is 0 Å². The van der Waals surface area contributed by atoms with E-state index in [2.05, 4.69) is 5.48 Å². The first kappa shape index (κ1) is 11.8. The van der Waals surface area contributed by atoms with E-state index in [0.29, 0.717) is 6.54 Å². The Bertz CT molecular complexity index is 302. The molecular formula is C11H17NO3. The number of rotatable bonds is 6. The van der Waals surface area contributed by atoms with E-state index in [-0.39, 0.29) is 0 Å². The zero-order valence-electron chi connectivity index (χ0n) is 9.12. The van der Waals surface area contributed by atoms with E-state index in [1.807, 2.05) is 18.2 Å². The molecule has 1 aromatic rings. The van der Waals surface area contributed by atoms with E-state index < -0.39 is 0 Å². The maximum atomic E-state index is 8.47. The van der Waals surface area contributed by atoms with E-state index in [0.717, 1.165) is 29.9 Å². The van der Waals surface area contributed by atoms with Crippen molar-refractivity contribution >= 4 is 0 Å². The number of hydrogen-bond acceptors (Lipinski definition) is 4. The van der Waals surface area contributed by atoms with Crippen molar-refractivity contribution in [3.63, 3.8) is 0 Å². The number of hydrogen-bond donors (Lipinski definition) is 2. The summed E-state index contributed by atoms with van der Waals surface area (Å²) in [6, 6.07) is 5.71. The Morgan fingerprint density at radius 3 is 2.67 bits per heavy atom. The molecule has 0 bridgehead atoms. The molecule has 0 aromatic heterocycles. The quantitative estimate of drug-likeness (QED) is 0.554. The van der Waals surface area contributed by atoms with E-state index in [9.17, 15) is 0 Å². The largest absolute Gasteiger partial charge is 0.497 e. The summed E-state index contributed by atoms with van der Waals surface area (Å²) in [6.07, 6.45) is 1.69. The second-order valence-corrected chi connectivity index (χ2v) is 3.19. The molecule has 0 aliphatic heterocycles. The first-order valence-corrected chi connectivity index (χ1v) is 4.89. The summed E-state index contributed by atoms with van der Waals surface area (Å²) in [5, 5.41) is 8.47. The molecule has 15 heavy (non-hydrogen) atoms. The van der Waals surface area contributed by atoms with Crippen LogP contribution < -0.4 is 15.0 Å². The molecule has 0 atom stereocenters. The highest BCUT2D eigenvalue weighted by molar-refractivity contribution is 5.40. The molecule has 4 heteroatoms. The molecule has 0 aliphatic carbocycles. The minimum Gasteiger partial charge on any atom is -0.497 e. The summed E-state index contributed by atoms with van der Waals surface area (Å²) in [5.74, 6) is 1.68. The van der Waals surface area contributed by atoms with Crippen molar-refractivity contribution in [3.05, 3.63) is 23.8 Å². The van der Waals surface area contributed by atoms with Crippen LogP contribution in [0, 0.1) is 0 Å². The lowest BCUT2D eigenvalue weighted by molar-refractivity contribution is 0.165. The van der Waals surface area contributed by atoms with Crippen molar-refractivity contribution in [2.75, 3.05) is 20.8 Å². The fraction of sp³-hybridized carbons (Fsp3) is 0.455. The summed E-state index contributed by atoms with van der Waals surface area (Å²) < 4.78 is 10.4. The van der Waals surface area contributed by atoms with Crippen LogP contribution in [-0.2, 0) is 6.42 Å². The van der Waals surface area contributed by atoms with Crippen LogP contribution in [0.2, 0.25) is 0 Å². The van der Waals surface area contributed by atoms with Crippen LogP contribution in [0.15, 0.2) is 18.2 Å². The standard InChI is InChI=1S/C11H17NO3/c1-14-10-5-6-11(15-2)9(8-10)4-3-7-12-13/h5-6,8,12-13H,3-4,7H2,1-2H3. The van der Waals surface area contributed by atoms with Gasteiger partial charge in [0.15, 0.2) is 0 Å². The van der Waals surface area contributed by atoms with Crippen LogP contribution in [0.25, 0.3) is 0 Å². The number of hydroxylamine groups is 1. The minimum atomic E-state index is 0.570. The van der Waals surface area contributed by atoms with Crippen LogP contribution in [-0.4, -0.2) is 26.0 Å². The first-order chi connectivity index (χ1) is 7.31. The Hall–Kier alpha value is -1.26. The summed E-state index contributed by atoms with van der Waals surface area (Å²) in [6.45, 7) is 0.570. The molecule has 1 rings (SSSR count). The molecule has 0 fully saturated rings. The Kier molecular flexibility index (Phi) is 4.93. The fourth-order valence-electron chi connectivity index (χ4n) is 1.44. The van der Waals surface area contributed by atoms with Gasteiger partial charge in [-0.3, -0.25) is 0 Å². The van der Waals surface area contributed by atoms with Gasteiger partial charge >= 0.3 is 0 Å². The SMILES string of the molecule is COc1ccc(OC)c(CCCNO)c1. The van der Waals surface area contributed by atoms with Crippen molar-refractivity contribution in [1.29, 1.82) is 0 Å². The van der Waals surface area contributed by atoms with Crippen molar-refractivity contribution < 1.29 is 14.7 Å². The first-order valence-electron chi connectivity index (χ1n) is 4.89. The third-order valence-corrected chi connectivity index (χ3v) is 2.22. The Morgan fingerprint density at radius 1 is 1.27 bits per heavy atom. The molecular weight excluding hydrogens is 194 g/mol. The van der Waals surface area contributed by atoms with Gasteiger partial charge in [0.25, 0.3) is 0 Å². The average Bonchev–Trinajstić information content (AvgIpc) is 2.29. The van der Waals surface area contributed by atoms with Crippen LogP contribution in [0.1, 0.15) is 12.0 Å². The molecule has 0 heterocycles. The summed E-state index contributed by atoms with van der Waals surface area (Å²) >= 11 is 0. The van der Waals surface area contributed by atoms with Gasteiger partial charge in [-0.25, -0.2) is 5.48 Å². The molecule has 0 aliphatic rings. The van der Waals surface area contributed by atoms with Crippen LogP contribution >= 0.6 is 0 Å². The number of methoxy groups -OCH3 is 2. The molecule has 84 valence electrons. The molecule has 4 nitrogen and oxygen atoms in total. The normalized spacial score (nSPS) is 10.1. The minimum absolute atomic E-state index is 0.570. The van der Waals surface area contributed by atoms with Gasteiger partial charge < -0.3 is 14.7 Å². The van der Waals surface area contributed by atoms with Crippen molar-refractivity contribution in [2.45, 2.75) is 12.8 Å². The fourth-order valence-corrected chi connectivity index (χ4v) is 1.44. The molecule has 0 radical (unpaired) electrons. The molecule has 1 aromatic carbocycles. The van der Waals surface area contributed by atoms with Gasteiger partial charge in [-0.15, -0.1) is 0 Å². The van der Waals surface area contributed by atoms with Crippen molar-refractivity contribution in [2.24, 2.45) is 0 Å². The molecule has 0 saturated carbocycles. The zero-order valence-corrected chi connectivity index (χ0v) is 9.12. The van der Waals surface area contributed by atoms with Gasteiger partial charge in [0.05, 0.1) is 14.2 Å². The molecule has 0 unspecified atom stereocenters. The molecule has 0 saturated heterocycles. The zero-order chi connectivity index (χ0) is 11.1. The highest BCUT2D eigenvalue weighted by Crippen LogP contribution is 2.24. The molecule has 0 spiro atoms. The number of ether oxygens (including phenoxy) is 2. The third kappa shape index (κ3) is 3.42. The molecule has 2 N–H and O–H groups in total. The summed E-state index contributed by atoms with van der Waals surface area (Å²) in [4.78, 5) is 0. The second-order valence-electron chi connectivity index (χ2n) is 3.19. The Morgan fingerprint density at radius 2 is 2.07 bits per heavy atom. The second kappa shape index (κ2) is 6.27. The highest BCUT2D eigenvalue weighted by atomic mass is 16.5. The van der Waals surface area contributed by atoms with Crippen molar-refractivity contribution in [1.82, 2.24) is 5.48 Å². The number of benzene rings is 1.